The Bertz CT molecular complexity index is 766. The molecule has 1 atom stereocenters. The Hall–Kier alpha value is -2.37. The summed E-state index contributed by atoms with van der Waals surface area (Å²) in [6.07, 6.45) is 5.29. The van der Waals surface area contributed by atoms with Crippen LogP contribution in [0.2, 0.25) is 0 Å². The van der Waals surface area contributed by atoms with Gasteiger partial charge in [0.1, 0.15) is 17.9 Å². The smallest absolute Gasteiger partial charge is 0.254 e. The predicted molar refractivity (Wildman–Crippen MR) is 88.9 cm³/mol. The second kappa shape index (κ2) is 5.61. The number of hydrogen-bond donors (Lipinski definition) is 0. The molecule has 1 spiro atoms. The highest BCUT2D eigenvalue weighted by molar-refractivity contribution is 5.95. The summed E-state index contributed by atoms with van der Waals surface area (Å²) in [4.78, 5) is 14.9. The fourth-order valence-electron chi connectivity index (χ4n) is 4.16. The Morgan fingerprint density at radius 1 is 1.38 bits per heavy atom. The molecule has 1 aromatic carbocycles. The molecule has 126 valence electrons. The fourth-order valence-corrected chi connectivity index (χ4v) is 4.16. The number of likely N-dealkylation sites (tertiary alicyclic amines) is 1. The number of aromatic nitrogens is 3. The van der Waals surface area contributed by atoms with Gasteiger partial charge in [0.2, 0.25) is 0 Å². The third kappa shape index (κ3) is 2.28. The number of amides is 1. The van der Waals surface area contributed by atoms with Gasteiger partial charge in [-0.3, -0.25) is 4.79 Å². The molecule has 24 heavy (non-hydrogen) atoms. The van der Waals surface area contributed by atoms with Gasteiger partial charge in [-0.2, -0.15) is 0 Å². The number of hydrogen-bond acceptors (Lipinski definition) is 4. The number of carbonyl (C=O) groups excluding carboxylic acids is 1. The summed E-state index contributed by atoms with van der Waals surface area (Å²) in [6.45, 7) is 1.52. The highest BCUT2D eigenvalue weighted by Crippen LogP contribution is 2.55. The minimum atomic E-state index is 0.0739. The quantitative estimate of drug-likeness (QED) is 0.868. The number of ether oxygens (including phenoxy) is 1. The average molecular weight is 326 g/mol. The van der Waals surface area contributed by atoms with Gasteiger partial charge in [-0.25, -0.2) is 0 Å². The predicted octanol–water partition coefficient (Wildman–Crippen LogP) is 2.23. The average Bonchev–Trinajstić information content (AvgIpc) is 3.17. The van der Waals surface area contributed by atoms with Gasteiger partial charge in [-0.1, -0.05) is 12.5 Å². The SMILES string of the molecule is COc1cccc(C(=O)N2CC(c3nncn3C)C3(CCC3)C2)c1. The number of aryl methyl sites for hydroxylation is 1. The zero-order valence-corrected chi connectivity index (χ0v) is 14.1. The van der Waals surface area contributed by atoms with Gasteiger partial charge in [0.25, 0.3) is 5.91 Å². The van der Waals surface area contributed by atoms with Crippen molar-refractivity contribution in [3.8, 4) is 5.75 Å². The van der Waals surface area contributed by atoms with E-state index in [-0.39, 0.29) is 17.2 Å². The van der Waals surface area contributed by atoms with Crippen molar-refractivity contribution in [2.24, 2.45) is 12.5 Å². The van der Waals surface area contributed by atoms with Gasteiger partial charge < -0.3 is 14.2 Å². The molecule has 0 N–H and O–H groups in total. The third-order valence-electron chi connectivity index (χ3n) is 5.66. The molecule has 2 aliphatic rings. The summed E-state index contributed by atoms with van der Waals surface area (Å²) >= 11 is 0. The molecule has 2 fully saturated rings. The van der Waals surface area contributed by atoms with Gasteiger partial charge in [-0.15, -0.1) is 10.2 Å². The lowest BCUT2D eigenvalue weighted by Crippen LogP contribution is -2.38. The molecule has 6 heteroatoms. The highest BCUT2D eigenvalue weighted by atomic mass is 16.5. The zero-order chi connectivity index (χ0) is 16.7. The van der Waals surface area contributed by atoms with Crippen LogP contribution in [0.4, 0.5) is 0 Å². The molecular formula is C18H22N4O2. The molecule has 1 aliphatic carbocycles. The van der Waals surface area contributed by atoms with Gasteiger partial charge in [-0.05, 0) is 36.5 Å². The topological polar surface area (TPSA) is 60.2 Å². The standard InChI is InChI=1S/C18H22N4O2/c1-21-12-19-20-16(21)15-10-22(11-18(15)7-4-8-18)17(23)13-5-3-6-14(9-13)24-2/h3,5-6,9,12,15H,4,7-8,10-11H2,1-2H3. The Labute approximate surface area is 141 Å². The van der Waals surface area contributed by atoms with Crippen LogP contribution in [-0.2, 0) is 7.05 Å². The van der Waals surface area contributed by atoms with Gasteiger partial charge in [0.05, 0.1) is 7.11 Å². The summed E-state index contributed by atoms with van der Waals surface area (Å²) in [5.74, 6) is 2.05. The van der Waals surface area contributed by atoms with Crippen LogP contribution in [0.1, 0.15) is 41.4 Å². The Kier molecular flexibility index (Phi) is 3.55. The molecule has 1 saturated heterocycles. The molecule has 1 aromatic heterocycles. The number of methoxy groups -OCH3 is 1. The summed E-state index contributed by atoms with van der Waals surface area (Å²) < 4.78 is 7.23. The molecule has 2 aromatic rings. The Morgan fingerprint density at radius 3 is 2.83 bits per heavy atom. The molecule has 2 heterocycles. The van der Waals surface area contributed by atoms with E-state index >= 15 is 0 Å². The summed E-state index contributed by atoms with van der Waals surface area (Å²) in [5.41, 5.74) is 0.859. The fraction of sp³-hybridized carbons (Fsp3) is 0.500. The lowest BCUT2D eigenvalue weighted by Gasteiger charge is -2.42. The Morgan fingerprint density at radius 2 is 2.21 bits per heavy atom. The van der Waals surface area contributed by atoms with Crippen molar-refractivity contribution in [1.29, 1.82) is 0 Å². The van der Waals surface area contributed by atoms with E-state index in [1.54, 1.807) is 13.4 Å². The van der Waals surface area contributed by atoms with Gasteiger partial charge in [0, 0.05) is 31.6 Å². The zero-order valence-electron chi connectivity index (χ0n) is 14.1. The van der Waals surface area contributed by atoms with Crippen LogP contribution in [0.25, 0.3) is 0 Å². The van der Waals surface area contributed by atoms with E-state index in [0.29, 0.717) is 17.9 Å². The lowest BCUT2D eigenvalue weighted by atomic mass is 9.62. The number of benzene rings is 1. The van der Waals surface area contributed by atoms with E-state index in [2.05, 4.69) is 10.2 Å². The van der Waals surface area contributed by atoms with Crippen molar-refractivity contribution in [1.82, 2.24) is 19.7 Å². The summed E-state index contributed by atoms with van der Waals surface area (Å²) in [6, 6.07) is 7.39. The molecule has 4 rings (SSSR count). The molecule has 1 aliphatic heterocycles. The van der Waals surface area contributed by atoms with Crippen LogP contribution in [0.3, 0.4) is 0 Å². The van der Waals surface area contributed by atoms with Crippen LogP contribution in [0, 0.1) is 5.41 Å². The molecule has 1 unspecified atom stereocenters. The van der Waals surface area contributed by atoms with Crippen LogP contribution >= 0.6 is 0 Å². The third-order valence-corrected chi connectivity index (χ3v) is 5.66. The molecule has 0 radical (unpaired) electrons. The number of nitrogens with zero attached hydrogens (tertiary/aromatic N) is 4. The number of rotatable bonds is 3. The van der Waals surface area contributed by atoms with E-state index in [9.17, 15) is 4.79 Å². The summed E-state index contributed by atoms with van der Waals surface area (Å²) in [5, 5.41) is 8.36. The van der Waals surface area contributed by atoms with Crippen LogP contribution in [0.5, 0.6) is 5.75 Å². The van der Waals surface area contributed by atoms with Crippen LogP contribution in [-0.4, -0.2) is 45.8 Å². The normalized spacial score (nSPS) is 21.8. The van der Waals surface area contributed by atoms with E-state index in [4.69, 9.17) is 4.74 Å². The first-order valence-corrected chi connectivity index (χ1v) is 8.40. The van der Waals surface area contributed by atoms with E-state index in [1.807, 2.05) is 40.8 Å². The minimum Gasteiger partial charge on any atom is -0.497 e. The van der Waals surface area contributed by atoms with Gasteiger partial charge in [0.15, 0.2) is 0 Å². The molecule has 1 amide bonds. The monoisotopic (exact) mass is 326 g/mol. The van der Waals surface area contributed by atoms with Crippen molar-refractivity contribution < 1.29 is 9.53 Å². The highest BCUT2D eigenvalue weighted by Gasteiger charge is 2.53. The van der Waals surface area contributed by atoms with Crippen LogP contribution < -0.4 is 4.74 Å². The van der Waals surface area contributed by atoms with E-state index in [1.165, 1.54) is 6.42 Å². The lowest BCUT2D eigenvalue weighted by molar-refractivity contribution is 0.0723. The second-order valence-electron chi connectivity index (χ2n) is 6.99. The second-order valence-corrected chi connectivity index (χ2v) is 6.99. The van der Waals surface area contributed by atoms with Crippen molar-refractivity contribution in [2.45, 2.75) is 25.2 Å². The molecule has 0 bridgehead atoms. The largest absolute Gasteiger partial charge is 0.497 e. The molecular weight excluding hydrogens is 304 g/mol. The first kappa shape index (κ1) is 15.2. The van der Waals surface area contributed by atoms with Crippen molar-refractivity contribution in [3.05, 3.63) is 42.0 Å². The van der Waals surface area contributed by atoms with Crippen molar-refractivity contribution in [3.63, 3.8) is 0 Å². The maximum absolute atomic E-state index is 13.0. The van der Waals surface area contributed by atoms with E-state index < -0.39 is 0 Å². The minimum absolute atomic E-state index is 0.0739. The first-order chi connectivity index (χ1) is 11.6. The number of carbonyl (C=O) groups is 1. The van der Waals surface area contributed by atoms with Crippen LogP contribution in [0.15, 0.2) is 30.6 Å². The first-order valence-electron chi connectivity index (χ1n) is 8.40. The van der Waals surface area contributed by atoms with E-state index in [0.717, 1.165) is 25.2 Å². The summed E-state index contributed by atoms with van der Waals surface area (Å²) in [7, 11) is 3.60. The maximum atomic E-state index is 13.0. The Balaban J connectivity index is 1.61. The van der Waals surface area contributed by atoms with Crippen molar-refractivity contribution in [2.75, 3.05) is 20.2 Å². The molecule has 1 saturated carbocycles. The maximum Gasteiger partial charge on any atom is 0.254 e. The van der Waals surface area contributed by atoms with Crippen molar-refractivity contribution >= 4 is 5.91 Å². The molecule has 6 nitrogen and oxygen atoms in total. The van der Waals surface area contributed by atoms with Gasteiger partial charge >= 0.3 is 0 Å².